The number of rotatable bonds is 5. The number of thioether (sulfide) groups is 1. The number of hydrogen-bond donors (Lipinski definition) is 1. The first-order chi connectivity index (χ1) is 11.3. The maximum absolute atomic E-state index is 11.7. The van der Waals surface area contributed by atoms with E-state index in [9.17, 15) is 4.79 Å². The summed E-state index contributed by atoms with van der Waals surface area (Å²) in [5.74, 6) is 2.56. The van der Waals surface area contributed by atoms with Gasteiger partial charge in [-0.15, -0.1) is 17.8 Å². The lowest BCUT2D eigenvalue weighted by Crippen LogP contribution is -2.25. The lowest BCUT2D eigenvalue weighted by atomic mass is 10.1. The van der Waals surface area contributed by atoms with Gasteiger partial charge in [0, 0.05) is 10.9 Å². The molecule has 1 amide bonds. The van der Waals surface area contributed by atoms with E-state index in [1.54, 1.807) is 11.3 Å². The smallest absolute Gasteiger partial charge is 0.231 e. The molecule has 0 saturated carbocycles. The SMILES string of the molecule is C#CCNC(=O)CSc1ncnc2scc(-c3ccccc3)c12. The third-order valence-electron chi connectivity index (χ3n) is 3.15. The molecule has 2 aromatic heterocycles. The number of nitrogens with zero attached hydrogens (tertiary/aromatic N) is 2. The van der Waals surface area contributed by atoms with Gasteiger partial charge in [0.15, 0.2) is 0 Å². The van der Waals surface area contributed by atoms with Crippen molar-refractivity contribution in [3.63, 3.8) is 0 Å². The number of hydrogen-bond acceptors (Lipinski definition) is 5. The van der Waals surface area contributed by atoms with Gasteiger partial charge < -0.3 is 5.32 Å². The van der Waals surface area contributed by atoms with E-state index in [0.29, 0.717) is 0 Å². The third-order valence-corrected chi connectivity index (χ3v) is 5.02. The van der Waals surface area contributed by atoms with Gasteiger partial charge in [-0.1, -0.05) is 48.0 Å². The first-order valence-corrected chi connectivity index (χ1v) is 8.76. The minimum atomic E-state index is -0.101. The average molecular weight is 339 g/mol. The van der Waals surface area contributed by atoms with Gasteiger partial charge in [0.05, 0.1) is 17.7 Å². The summed E-state index contributed by atoms with van der Waals surface area (Å²) in [4.78, 5) is 21.3. The van der Waals surface area contributed by atoms with Crippen LogP contribution in [-0.2, 0) is 4.79 Å². The molecule has 1 N–H and O–H groups in total. The number of fused-ring (bicyclic) bond motifs is 1. The van der Waals surface area contributed by atoms with E-state index in [2.05, 4.69) is 38.7 Å². The zero-order chi connectivity index (χ0) is 16.1. The summed E-state index contributed by atoms with van der Waals surface area (Å²) in [6, 6.07) is 10.1. The summed E-state index contributed by atoms with van der Waals surface area (Å²) < 4.78 is 0. The van der Waals surface area contributed by atoms with Crippen molar-refractivity contribution in [3.8, 4) is 23.5 Å². The van der Waals surface area contributed by atoms with Gasteiger partial charge in [-0.3, -0.25) is 4.79 Å². The van der Waals surface area contributed by atoms with Crippen LogP contribution < -0.4 is 5.32 Å². The Labute approximate surface area is 142 Å². The van der Waals surface area contributed by atoms with Gasteiger partial charge in [-0.25, -0.2) is 9.97 Å². The molecule has 0 radical (unpaired) electrons. The van der Waals surface area contributed by atoms with E-state index in [-0.39, 0.29) is 18.2 Å². The van der Waals surface area contributed by atoms with Crippen LogP contribution in [0.5, 0.6) is 0 Å². The van der Waals surface area contributed by atoms with Gasteiger partial charge in [-0.05, 0) is 5.56 Å². The van der Waals surface area contributed by atoms with Crippen molar-refractivity contribution >= 4 is 39.2 Å². The van der Waals surface area contributed by atoms with Crippen molar-refractivity contribution in [2.75, 3.05) is 12.3 Å². The number of benzene rings is 1. The van der Waals surface area contributed by atoms with Crippen LogP contribution in [0.1, 0.15) is 0 Å². The molecule has 2 heterocycles. The largest absolute Gasteiger partial charge is 0.344 e. The van der Waals surface area contributed by atoms with Crippen LogP contribution in [0.4, 0.5) is 0 Å². The Hall–Kier alpha value is -2.36. The molecule has 0 bridgehead atoms. The van der Waals surface area contributed by atoms with Gasteiger partial charge in [0.25, 0.3) is 0 Å². The van der Waals surface area contributed by atoms with E-state index in [1.165, 1.54) is 18.1 Å². The Bertz CT molecular complexity index is 868. The lowest BCUT2D eigenvalue weighted by molar-refractivity contribution is -0.118. The molecule has 3 rings (SSSR count). The first kappa shape index (κ1) is 15.5. The Morgan fingerprint density at radius 3 is 2.91 bits per heavy atom. The van der Waals surface area contributed by atoms with Crippen LogP contribution in [0.15, 0.2) is 47.1 Å². The third kappa shape index (κ3) is 3.52. The van der Waals surface area contributed by atoms with Crippen LogP contribution in [-0.4, -0.2) is 28.2 Å². The van der Waals surface area contributed by atoms with Crippen molar-refractivity contribution in [3.05, 3.63) is 42.0 Å². The summed E-state index contributed by atoms with van der Waals surface area (Å²) in [5, 5.41) is 6.54. The lowest BCUT2D eigenvalue weighted by Gasteiger charge is -2.05. The molecule has 0 aliphatic rings. The Morgan fingerprint density at radius 1 is 1.30 bits per heavy atom. The van der Waals surface area contributed by atoms with Gasteiger partial charge in [0.2, 0.25) is 5.91 Å². The number of aromatic nitrogens is 2. The van der Waals surface area contributed by atoms with Crippen molar-refractivity contribution in [1.29, 1.82) is 0 Å². The monoisotopic (exact) mass is 339 g/mol. The normalized spacial score (nSPS) is 10.4. The molecule has 0 spiro atoms. The van der Waals surface area contributed by atoms with Crippen LogP contribution in [0, 0.1) is 12.3 Å². The molecule has 23 heavy (non-hydrogen) atoms. The molecule has 0 aliphatic carbocycles. The second-order valence-electron chi connectivity index (χ2n) is 4.64. The molecule has 114 valence electrons. The summed E-state index contributed by atoms with van der Waals surface area (Å²) >= 11 is 2.98. The summed E-state index contributed by atoms with van der Waals surface area (Å²) in [5.41, 5.74) is 2.21. The van der Waals surface area contributed by atoms with Crippen LogP contribution in [0.2, 0.25) is 0 Å². The molecule has 0 aliphatic heterocycles. The van der Waals surface area contributed by atoms with E-state index in [4.69, 9.17) is 6.42 Å². The molecular formula is C17H13N3OS2. The highest BCUT2D eigenvalue weighted by Gasteiger charge is 2.14. The summed E-state index contributed by atoms with van der Waals surface area (Å²) in [7, 11) is 0. The molecule has 6 heteroatoms. The molecule has 1 aromatic carbocycles. The minimum Gasteiger partial charge on any atom is -0.344 e. The van der Waals surface area contributed by atoms with Crippen molar-refractivity contribution < 1.29 is 4.79 Å². The molecule has 4 nitrogen and oxygen atoms in total. The zero-order valence-electron chi connectivity index (χ0n) is 12.2. The molecule has 0 atom stereocenters. The van der Waals surface area contributed by atoms with Crippen LogP contribution in [0.3, 0.4) is 0 Å². The maximum Gasteiger partial charge on any atom is 0.231 e. The minimum absolute atomic E-state index is 0.101. The molecule has 3 aromatic rings. The number of carbonyl (C=O) groups excluding carboxylic acids is 1. The number of terminal acetylenes is 1. The number of amides is 1. The number of carbonyl (C=O) groups is 1. The predicted molar refractivity (Wildman–Crippen MR) is 95.4 cm³/mol. The Morgan fingerprint density at radius 2 is 2.13 bits per heavy atom. The second kappa shape index (κ2) is 7.27. The predicted octanol–water partition coefficient (Wildman–Crippen LogP) is 3.20. The summed E-state index contributed by atoms with van der Waals surface area (Å²) in [6.07, 6.45) is 6.68. The molecule has 0 saturated heterocycles. The average Bonchev–Trinajstić information content (AvgIpc) is 3.03. The molecule has 0 unspecified atom stereocenters. The van der Waals surface area contributed by atoms with E-state index >= 15 is 0 Å². The fourth-order valence-electron chi connectivity index (χ4n) is 2.12. The standard InChI is InChI=1S/C17H13N3OS2/c1-2-8-18-14(21)10-23-17-15-13(12-6-4-3-5-7-12)9-22-16(15)19-11-20-17/h1,3-7,9,11H,8,10H2,(H,18,21). The molecular weight excluding hydrogens is 326 g/mol. The zero-order valence-corrected chi connectivity index (χ0v) is 13.8. The highest BCUT2D eigenvalue weighted by Crippen LogP contribution is 2.37. The van der Waals surface area contributed by atoms with Gasteiger partial charge >= 0.3 is 0 Å². The number of thiophene rings is 1. The van der Waals surface area contributed by atoms with Crippen LogP contribution in [0.25, 0.3) is 21.3 Å². The summed E-state index contributed by atoms with van der Waals surface area (Å²) in [6.45, 7) is 0.242. The fourth-order valence-corrected chi connectivity index (χ4v) is 3.94. The van der Waals surface area contributed by atoms with Crippen LogP contribution >= 0.6 is 23.1 Å². The Balaban J connectivity index is 1.90. The number of nitrogens with one attached hydrogen (secondary N) is 1. The van der Waals surface area contributed by atoms with Gasteiger partial charge in [0.1, 0.15) is 16.2 Å². The highest BCUT2D eigenvalue weighted by molar-refractivity contribution is 8.00. The quantitative estimate of drug-likeness (QED) is 0.441. The van der Waals surface area contributed by atoms with Crippen molar-refractivity contribution in [2.45, 2.75) is 5.03 Å². The van der Waals surface area contributed by atoms with Crippen molar-refractivity contribution in [1.82, 2.24) is 15.3 Å². The topological polar surface area (TPSA) is 54.9 Å². The maximum atomic E-state index is 11.7. The first-order valence-electron chi connectivity index (χ1n) is 6.90. The van der Waals surface area contributed by atoms with E-state index < -0.39 is 0 Å². The Kier molecular flexibility index (Phi) is 4.91. The van der Waals surface area contributed by atoms with E-state index in [0.717, 1.165) is 26.4 Å². The second-order valence-corrected chi connectivity index (χ2v) is 6.47. The van der Waals surface area contributed by atoms with Gasteiger partial charge in [-0.2, -0.15) is 0 Å². The fraction of sp³-hybridized carbons (Fsp3) is 0.118. The molecule has 0 fully saturated rings. The van der Waals surface area contributed by atoms with E-state index in [1.807, 2.05) is 18.2 Å². The van der Waals surface area contributed by atoms with Crippen molar-refractivity contribution in [2.24, 2.45) is 0 Å². The highest BCUT2D eigenvalue weighted by atomic mass is 32.2.